The van der Waals surface area contributed by atoms with Crippen molar-refractivity contribution in [2.45, 2.75) is 77.1 Å². The van der Waals surface area contributed by atoms with Gasteiger partial charge in [0.1, 0.15) is 5.60 Å². The third kappa shape index (κ3) is 4.92. The van der Waals surface area contributed by atoms with Crippen molar-refractivity contribution in [3.05, 3.63) is 64.7 Å². The number of ether oxygens (including phenoxy) is 1. The molecule has 1 unspecified atom stereocenters. The Balaban J connectivity index is 1.51. The molecular weight excluding hydrogens is 466 g/mol. The average molecular weight is 499 g/mol. The summed E-state index contributed by atoms with van der Waals surface area (Å²) < 4.78 is 33.9. The second-order valence-electron chi connectivity index (χ2n) is 10.2. The van der Waals surface area contributed by atoms with Crippen LogP contribution in [0.5, 0.6) is 5.75 Å². The molecule has 2 aromatic rings. The van der Waals surface area contributed by atoms with Gasteiger partial charge in [0.05, 0.1) is 19.0 Å². The third-order valence-corrected chi connectivity index (χ3v) is 7.16. The predicted octanol–water partition coefficient (Wildman–Crippen LogP) is 4.81. The number of nitrogens with zero attached hydrogens (tertiary/aromatic N) is 1. The summed E-state index contributed by atoms with van der Waals surface area (Å²) >= 11 is 0. The number of guanidine groups is 1. The van der Waals surface area contributed by atoms with Gasteiger partial charge >= 0.3 is 0 Å². The second-order valence-corrected chi connectivity index (χ2v) is 10.2. The lowest BCUT2D eigenvalue weighted by Gasteiger charge is -2.42. The largest absolute Gasteiger partial charge is 0.484 e. The summed E-state index contributed by atoms with van der Waals surface area (Å²) in [6.07, 6.45) is 2.16. The van der Waals surface area contributed by atoms with Crippen LogP contribution in [-0.2, 0) is 11.3 Å². The van der Waals surface area contributed by atoms with Crippen molar-refractivity contribution in [1.29, 1.82) is 5.41 Å². The summed E-state index contributed by atoms with van der Waals surface area (Å²) in [6, 6.07) is 8.72. The van der Waals surface area contributed by atoms with E-state index in [9.17, 15) is 18.4 Å². The lowest BCUT2D eigenvalue weighted by atomic mass is 9.87. The molecule has 1 saturated heterocycles. The van der Waals surface area contributed by atoms with Crippen molar-refractivity contribution in [1.82, 2.24) is 15.5 Å². The van der Waals surface area contributed by atoms with Gasteiger partial charge in [0, 0.05) is 23.1 Å². The highest BCUT2D eigenvalue weighted by Crippen LogP contribution is 2.41. The SMILES string of the molecule is CCC1(CC)CC(=O)N(Cc2cccc(C(=O)NC3CC(C)(C)Oc4c3ccc(F)c4F)c2)C(=N)N1. The highest BCUT2D eigenvalue weighted by Gasteiger charge is 2.39. The normalized spacial score (nSPS) is 20.3. The zero-order chi connectivity index (χ0) is 26.3. The Hall–Kier alpha value is -3.49. The number of nitrogens with one attached hydrogen (secondary N) is 3. The number of halogens is 2. The van der Waals surface area contributed by atoms with Gasteiger partial charge in [-0.1, -0.05) is 32.0 Å². The van der Waals surface area contributed by atoms with E-state index in [1.807, 2.05) is 13.8 Å². The van der Waals surface area contributed by atoms with E-state index in [2.05, 4.69) is 10.6 Å². The number of rotatable bonds is 6. The minimum Gasteiger partial charge on any atom is -0.484 e. The molecule has 36 heavy (non-hydrogen) atoms. The van der Waals surface area contributed by atoms with Crippen LogP contribution in [0.4, 0.5) is 8.78 Å². The Morgan fingerprint density at radius 2 is 1.94 bits per heavy atom. The lowest BCUT2D eigenvalue weighted by molar-refractivity contribution is -0.131. The standard InChI is InChI=1S/C27H32F2N4O3/c1-5-27(6-2)14-21(34)33(25(30)32-27)15-16-8-7-9-17(12-16)24(35)31-20-13-26(3,4)36-23-18(20)10-11-19(28)22(23)29/h7-12,20H,5-6,13-15H2,1-4H3,(H2,30,32)(H,31,35). The minimum atomic E-state index is -1.07. The van der Waals surface area contributed by atoms with E-state index < -0.39 is 28.8 Å². The molecule has 0 saturated carbocycles. The monoisotopic (exact) mass is 498 g/mol. The number of hydrogen-bond acceptors (Lipinski definition) is 4. The van der Waals surface area contributed by atoms with E-state index in [1.165, 1.54) is 11.0 Å². The Bertz CT molecular complexity index is 1190. The van der Waals surface area contributed by atoms with E-state index in [1.54, 1.807) is 38.1 Å². The number of carbonyl (C=O) groups excluding carboxylic acids is 2. The molecule has 7 nitrogen and oxygen atoms in total. The summed E-state index contributed by atoms with van der Waals surface area (Å²) in [4.78, 5) is 27.4. The van der Waals surface area contributed by atoms with Crippen LogP contribution in [0, 0.1) is 17.0 Å². The molecule has 1 fully saturated rings. The van der Waals surface area contributed by atoms with Gasteiger partial charge in [-0.25, -0.2) is 4.39 Å². The molecular formula is C27H32F2N4O3. The fourth-order valence-corrected chi connectivity index (χ4v) is 4.92. The van der Waals surface area contributed by atoms with Crippen LogP contribution >= 0.6 is 0 Å². The Morgan fingerprint density at radius 3 is 2.61 bits per heavy atom. The van der Waals surface area contributed by atoms with Gasteiger partial charge in [0.2, 0.25) is 11.7 Å². The first-order chi connectivity index (χ1) is 17.0. The molecule has 9 heteroatoms. The van der Waals surface area contributed by atoms with E-state index in [-0.39, 0.29) is 30.1 Å². The van der Waals surface area contributed by atoms with E-state index in [0.29, 0.717) is 29.5 Å². The second kappa shape index (κ2) is 9.52. The van der Waals surface area contributed by atoms with Gasteiger partial charge in [0.15, 0.2) is 17.5 Å². The highest BCUT2D eigenvalue weighted by molar-refractivity contribution is 5.99. The van der Waals surface area contributed by atoms with Gasteiger partial charge in [-0.3, -0.25) is 19.9 Å². The molecule has 3 N–H and O–H groups in total. The molecule has 2 aliphatic heterocycles. The summed E-state index contributed by atoms with van der Waals surface area (Å²) in [7, 11) is 0. The first-order valence-corrected chi connectivity index (χ1v) is 12.2. The zero-order valence-corrected chi connectivity index (χ0v) is 21.0. The van der Waals surface area contributed by atoms with Gasteiger partial charge < -0.3 is 15.4 Å². The van der Waals surface area contributed by atoms with Crippen LogP contribution in [0.3, 0.4) is 0 Å². The molecule has 192 valence electrons. The third-order valence-electron chi connectivity index (χ3n) is 7.16. The highest BCUT2D eigenvalue weighted by atomic mass is 19.2. The summed E-state index contributed by atoms with van der Waals surface area (Å²) in [5.41, 5.74) is 0.231. The number of amides is 2. The first kappa shape index (κ1) is 25.6. The van der Waals surface area contributed by atoms with Gasteiger partial charge in [0.25, 0.3) is 5.91 Å². The number of fused-ring (bicyclic) bond motifs is 1. The Kier molecular flexibility index (Phi) is 6.77. The quantitative estimate of drug-likeness (QED) is 0.533. The smallest absolute Gasteiger partial charge is 0.251 e. The predicted molar refractivity (Wildman–Crippen MR) is 132 cm³/mol. The average Bonchev–Trinajstić information content (AvgIpc) is 2.83. The van der Waals surface area contributed by atoms with Crippen LogP contribution in [0.25, 0.3) is 0 Å². The van der Waals surface area contributed by atoms with Crippen molar-refractivity contribution in [3.63, 3.8) is 0 Å². The van der Waals surface area contributed by atoms with Gasteiger partial charge in [-0.15, -0.1) is 0 Å². The Morgan fingerprint density at radius 1 is 1.22 bits per heavy atom. The van der Waals surface area contributed by atoms with Crippen molar-refractivity contribution in [2.75, 3.05) is 0 Å². The summed E-state index contributed by atoms with van der Waals surface area (Å²) in [6.45, 7) is 7.66. The molecule has 2 aliphatic rings. The van der Waals surface area contributed by atoms with E-state index in [4.69, 9.17) is 10.1 Å². The topological polar surface area (TPSA) is 94.5 Å². The maximum Gasteiger partial charge on any atom is 0.251 e. The van der Waals surface area contributed by atoms with Gasteiger partial charge in [-0.2, -0.15) is 4.39 Å². The number of hydrogen-bond donors (Lipinski definition) is 3. The molecule has 0 bridgehead atoms. The molecule has 4 rings (SSSR count). The number of benzene rings is 2. The van der Waals surface area contributed by atoms with Crippen molar-refractivity contribution < 1.29 is 23.1 Å². The van der Waals surface area contributed by atoms with Crippen LogP contribution in [-0.4, -0.2) is 33.8 Å². The molecule has 0 spiro atoms. The molecule has 2 aromatic carbocycles. The molecule has 2 heterocycles. The van der Waals surface area contributed by atoms with Crippen LogP contribution in [0.15, 0.2) is 36.4 Å². The first-order valence-electron chi connectivity index (χ1n) is 12.2. The lowest BCUT2D eigenvalue weighted by Crippen LogP contribution is -2.61. The fraction of sp³-hybridized carbons (Fsp3) is 0.444. The van der Waals surface area contributed by atoms with Crippen molar-refractivity contribution in [2.24, 2.45) is 0 Å². The van der Waals surface area contributed by atoms with Gasteiger partial charge in [-0.05, 0) is 50.5 Å². The Labute approximate surface area is 209 Å². The molecule has 0 aromatic heterocycles. The zero-order valence-electron chi connectivity index (χ0n) is 21.0. The molecule has 2 amide bonds. The maximum atomic E-state index is 14.4. The molecule has 0 radical (unpaired) electrons. The van der Waals surface area contributed by atoms with Crippen LogP contribution < -0.4 is 15.4 Å². The molecule has 1 atom stereocenters. The summed E-state index contributed by atoms with van der Waals surface area (Å²) in [5, 5.41) is 14.5. The maximum absolute atomic E-state index is 14.4. The van der Waals surface area contributed by atoms with Crippen LogP contribution in [0.2, 0.25) is 0 Å². The van der Waals surface area contributed by atoms with E-state index in [0.717, 1.165) is 18.9 Å². The van der Waals surface area contributed by atoms with Crippen molar-refractivity contribution >= 4 is 17.8 Å². The van der Waals surface area contributed by atoms with Crippen molar-refractivity contribution in [3.8, 4) is 5.75 Å². The molecule has 0 aliphatic carbocycles. The minimum absolute atomic E-state index is 0.0557. The van der Waals surface area contributed by atoms with E-state index >= 15 is 0 Å². The van der Waals surface area contributed by atoms with Crippen LogP contribution in [0.1, 0.15) is 80.9 Å². The summed E-state index contributed by atoms with van der Waals surface area (Å²) in [5.74, 6) is -2.72. The number of carbonyl (C=O) groups is 2. The fourth-order valence-electron chi connectivity index (χ4n) is 4.92.